The predicted octanol–water partition coefficient (Wildman–Crippen LogP) is 7.74. The molecule has 0 N–H and O–H groups in total. The second-order valence-electron chi connectivity index (χ2n) is 12.9. The van der Waals surface area contributed by atoms with E-state index in [-0.39, 0.29) is 24.8 Å². The number of amides is 1. The number of fused-ring (bicyclic) bond motifs is 2. The number of nitrogens with zero attached hydrogens (tertiary/aromatic N) is 2. The summed E-state index contributed by atoms with van der Waals surface area (Å²) in [7, 11) is 3.48. The summed E-state index contributed by atoms with van der Waals surface area (Å²) >= 11 is 0. The molecule has 0 bridgehead atoms. The van der Waals surface area contributed by atoms with Crippen molar-refractivity contribution in [2.24, 2.45) is 0 Å². The van der Waals surface area contributed by atoms with Crippen LogP contribution in [-0.2, 0) is 11.3 Å². The monoisotopic (exact) mass is 614 g/mol. The van der Waals surface area contributed by atoms with Crippen LogP contribution in [0.2, 0.25) is 0 Å². The maximum Gasteiger partial charge on any atom is 0.410 e. The largest absolute Gasteiger partial charge is 0.493 e. The third-order valence-corrected chi connectivity index (χ3v) is 8.22. The summed E-state index contributed by atoms with van der Waals surface area (Å²) in [6.45, 7) is 13.0. The van der Waals surface area contributed by atoms with E-state index in [1.54, 1.807) is 19.1 Å². The van der Waals surface area contributed by atoms with Crippen LogP contribution in [0.1, 0.15) is 73.9 Å². The lowest BCUT2D eigenvalue weighted by Crippen LogP contribution is -2.39. The van der Waals surface area contributed by atoms with Gasteiger partial charge in [-0.2, -0.15) is 0 Å². The third kappa shape index (κ3) is 7.92. The number of hydrogen-bond donors (Lipinski definition) is 0. The normalized spacial score (nSPS) is 17.7. The van der Waals surface area contributed by atoms with Gasteiger partial charge in [0.2, 0.25) is 6.79 Å². The second kappa shape index (κ2) is 13.9. The molecule has 3 aromatic rings. The minimum Gasteiger partial charge on any atom is -0.493 e. The minimum atomic E-state index is -0.525. The number of methoxy groups -OCH3 is 1. The van der Waals surface area contributed by atoms with Gasteiger partial charge in [-0.25, -0.2) is 4.79 Å². The highest BCUT2D eigenvalue weighted by Crippen LogP contribution is 2.43. The highest BCUT2D eigenvalue weighted by atomic mass is 16.7. The van der Waals surface area contributed by atoms with Crippen LogP contribution in [0.25, 0.3) is 6.08 Å². The molecule has 0 radical (unpaired) electrons. The summed E-state index contributed by atoms with van der Waals surface area (Å²) in [4.78, 5) is 16.7. The van der Waals surface area contributed by atoms with E-state index in [9.17, 15) is 4.79 Å². The highest BCUT2D eigenvalue weighted by molar-refractivity contribution is 5.67. The van der Waals surface area contributed by atoms with Crippen LogP contribution in [0.5, 0.6) is 23.0 Å². The zero-order valence-corrected chi connectivity index (χ0v) is 27.6. The molecule has 240 valence electrons. The smallest absolute Gasteiger partial charge is 0.410 e. The number of benzene rings is 3. The summed E-state index contributed by atoms with van der Waals surface area (Å²) in [6, 6.07) is 18.5. The average molecular weight is 615 g/mol. The van der Waals surface area contributed by atoms with Crippen LogP contribution in [-0.4, -0.2) is 62.1 Å². The Kier molecular flexibility index (Phi) is 9.93. The molecule has 0 saturated heterocycles. The van der Waals surface area contributed by atoms with Gasteiger partial charge >= 0.3 is 6.09 Å². The van der Waals surface area contributed by atoms with Crippen molar-refractivity contribution >= 4 is 12.2 Å². The van der Waals surface area contributed by atoms with Gasteiger partial charge in [-0.1, -0.05) is 49.4 Å². The lowest BCUT2D eigenvalue weighted by atomic mass is 9.85. The maximum absolute atomic E-state index is 12.6. The van der Waals surface area contributed by atoms with E-state index in [1.807, 2.05) is 51.1 Å². The van der Waals surface area contributed by atoms with Crippen molar-refractivity contribution in [3.05, 3.63) is 88.5 Å². The number of hydrogen-bond acceptors (Lipinski definition) is 7. The van der Waals surface area contributed by atoms with Gasteiger partial charge in [0.1, 0.15) is 12.2 Å². The quantitative estimate of drug-likeness (QED) is 0.231. The number of ether oxygens (including phenoxy) is 5. The molecule has 2 atom stereocenters. The van der Waals surface area contributed by atoms with Gasteiger partial charge in [0.05, 0.1) is 13.2 Å². The molecule has 2 aliphatic rings. The van der Waals surface area contributed by atoms with Crippen molar-refractivity contribution < 1.29 is 28.5 Å². The minimum absolute atomic E-state index is 0.00932. The molecule has 0 saturated carbocycles. The standard InChI is InChI=1S/C37H46N2O6/c1-25-18-33-34(44-24-43-33)19-28(25)14-15-31-30-21-32(41-7)35(42-23-27-12-9-8-10-13-27)20-29(30)26(2)22-39(31)17-11-16-38(6)36(40)45-37(3,4)5/h8-10,12-15,18-21,26,31H,11,16-17,22-24H2,1-7H3/b15-14+. The van der Waals surface area contributed by atoms with Crippen LogP contribution in [0, 0.1) is 6.92 Å². The molecule has 0 fully saturated rings. The zero-order valence-electron chi connectivity index (χ0n) is 27.6. The molecule has 1 amide bonds. The molecule has 2 heterocycles. The van der Waals surface area contributed by atoms with E-state index in [0.717, 1.165) is 53.4 Å². The molecule has 2 unspecified atom stereocenters. The Labute approximate surface area is 267 Å². The second-order valence-corrected chi connectivity index (χ2v) is 12.9. The molecular weight excluding hydrogens is 568 g/mol. The molecule has 3 aromatic carbocycles. The Morgan fingerprint density at radius 3 is 2.47 bits per heavy atom. The highest BCUT2D eigenvalue weighted by Gasteiger charge is 2.32. The van der Waals surface area contributed by atoms with Gasteiger partial charge in [0, 0.05) is 26.7 Å². The first kappa shape index (κ1) is 32.2. The van der Waals surface area contributed by atoms with E-state index < -0.39 is 5.60 Å². The van der Waals surface area contributed by atoms with Crippen molar-refractivity contribution in [2.45, 2.75) is 65.2 Å². The first-order chi connectivity index (χ1) is 21.5. The molecule has 2 aliphatic heterocycles. The summed E-state index contributed by atoms with van der Waals surface area (Å²) < 4.78 is 29.0. The third-order valence-electron chi connectivity index (χ3n) is 8.22. The van der Waals surface area contributed by atoms with Crippen LogP contribution in [0.3, 0.4) is 0 Å². The molecule has 0 aromatic heterocycles. The summed E-state index contributed by atoms with van der Waals surface area (Å²) in [5.74, 6) is 3.27. The molecule has 0 aliphatic carbocycles. The summed E-state index contributed by atoms with van der Waals surface area (Å²) in [6.07, 6.45) is 4.94. The number of carbonyl (C=O) groups excluding carboxylic acids is 1. The van der Waals surface area contributed by atoms with Crippen LogP contribution in [0.4, 0.5) is 4.79 Å². The lowest BCUT2D eigenvalue weighted by molar-refractivity contribution is 0.0290. The Balaban J connectivity index is 1.42. The Hall–Kier alpha value is -4.17. The number of carbonyl (C=O) groups is 1. The Bertz CT molecular complexity index is 1510. The van der Waals surface area contributed by atoms with Crippen molar-refractivity contribution in [3.63, 3.8) is 0 Å². The SMILES string of the molecule is COc1cc2c(cc1OCc1ccccc1)C(C)CN(CCCN(C)C(=O)OC(C)(C)C)C2/C=C/c1cc2c(cc1C)OCO2. The van der Waals surface area contributed by atoms with Gasteiger partial charge < -0.3 is 28.6 Å². The molecule has 5 rings (SSSR count). The zero-order chi connectivity index (χ0) is 32.1. The van der Waals surface area contributed by atoms with Crippen LogP contribution < -0.4 is 18.9 Å². The summed E-state index contributed by atoms with van der Waals surface area (Å²) in [5.41, 5.74) is 5.22. The van der Waals surface area contributed by atoms with Crippen molar-refractivity contribution in [3.8, 4) is 23.0 Å². The van der Waals surface area contributed by atoms with E-state index >= 15 is 0 Å². The molecule has 8 heteroatoms. The topological polar surface area (TPSA) is 69.7 Å². The van der Waals surface area contributed by atoms with Gasteiger partial charge in [0.15, 0.2) is 23.0 Å². The van der Waals surface area contributed by atoms with Crippen LogP contribution in [0.15, 0.2) is 60.7 Å². The lowest BCUT2D eigenvalue weighted by Gasteiger charge is -2.40. The molecule has 45 heavy (non-hydrogen) atoms. The van der Waals surface area contributed by atoms with E-state index in [2.05, 4.69) is 55.2 Å². The fourth-order valence-electron chi connectivity index (χ4n) is 5.87. The summed E-state index contributed by atoms with van der Waals surface area (Å²) in [5, 5.41) is 0. The first-order valence-electron chi connectivity index (χ1n) is 15.7. The first-order valence-corrected chi connectivity index (χ1v) is 15.7. The van der Waals surface area contributed by atoms with E-state index in [0.29, 0.717) is 18.9 Å². The van der Waals surface area contributed by atoms with E-state index in [4.69, 9.17) is 23.7 Å². The number of aryl methyl sites for hydroxylation is 1. The van der Waals surface area contributed by atoms with Crippen molar-refractivity contribution in [2.75, 3.05) is 40.6 Å². The van der Waals surface area contributed by atoms with Crippen LogP contribution >= 0.6 is 0 Å². The number of rotatable bonds is 10. The molecule has 0 spiro atoms. The molecular formula is C37H46N2O6. The fraction of sp³-hybridized carbons (Fsp3) is 0.432. The average Bonchev–Trinajstić information content (AvgIpc) is 3.46. The van der Waals surface area contributed by atoms with Crippen molar-refractivity contribution in [1.82, 2.24) is 9.80 Å². The van der Waals surface area contributed by atoms with Gasteiger partial charge in [0.25, 0.3) is 0 Å². The Morgan fingerprint density at radius 1 is 1.04 bits per heavy atom. The Morgan fingerprint density at radius 2 is 1.76 bits per heavy atom. The van der Waals surface area contributed by atoms with Crippen molar-refractivity contribution in [1.29, 1.82) is 0 Å². The van der Waals surface area contributed by atoms with Gasteiger partial charge in [-0.05, 0) is 92.1 Å². The maximum atomic E-state index is 12.6. The van der Waals surface area contributed by atoms with Gasteiger partial charge in [-0.3, -0.25) is 4.90 Å². The molecule has 8 nitrogen and oxygen atoms in total. The van der Waals surface area contributed by atoms with E-state index in [1.165, 1.54) is 11.1 Å². The predicted molar refractivity (Wildman–Crippen MR) is 176 cm³/mol. The van der Waals surface area contributed by atoms with Gasteiger partial charge in [-0.15, -0.1) is 0 Å². The fourth-order valence-corrected chi connectivity index (χ4v) is 5.87.